The maximum absolute atomic E-state index is 2.44. The van der Waals surface area contributed by atoms with Crippen LogP contribution in [0.3, 0.4) is 0 Å². The number of fused-ring (bicyclic) bond motifs is 6. The van der Waals surface area contributed by atoms with Crippen LogP contribution in [0.1, 0.15) is 0 Å². The first-order valence-electron chi connectivity index (χ1n) is 18.0. The lowest BCUT2D eigenvalue weighted by Crippen LogP contribution is -2.09. The third-order valence-electron chi connectivity index (χ3n) is 10.2. The highest BCUT2D eigenvalue weighted by Gasteiger charge is 2.18. The normalized spacial score (nSPS) is 11.4. The number of benzene rings is 9. The molecule has 10 aromatic rings. The van der Waals surface area contributed by atoms with E-state index in [-0.39, 0.29) is 0 Å². The molecule has 0 aliphatic carbocycles. The maximum atomic E-state index is 2.44. The van der Waals surface area contributed by atoms with Crippen molar-refractivity contribution in [2.75, 3.05) is 9.80 Å². The topological polar surface area (TPSA) is 6.48 Å². The van der Waals surface area contributed by atoms with Gasteiger partial charge in [-0.3, -0.25) is 0 Å². The van der Waals surface area contributed by atoms with Crippen molar-refractivity contribution in [3.8, 4) is 11.1 Å². The van der Waals surface area contributed by atoms with Crippen LogP contribution in [-0.2, 0) is 0 Å². The summed E-state index contributed by atoms with van der Waals surface area (Å²) in [6.45, 7) is 0. The van der Waals surface area contributed by atoms with Gasteiger partial charge >= 0.3 is 0 Å². The van der Waals surface area contributed by atoms with E-state index in [2.05, 4.69) is 216 Å². The summed E-state index contributed by atoms with van der Waals surface area (Å²) < 4.78 is 2.57. The third-order valence-corrected chi connectivity index (χ3v) is 11.3. The Kier molecular flexibility index (Phi) is 7.71. The fourth-order valence-corrected chi connectivity index (χ4v) is 8.90. The average molecular weight is 695 g/mol. The number of hydrogen-bond acceptors (Lipinski definition) is 3. The van der Waals surface area contributed by atoms with E-state index in [4.69, 9.17) is 0 Å². The van der Waals surface area contributed by atoms with Gasteiger partial charge in [0.2, 0.25) is 0 Å². The monoisotopic (exact) mass is 694 g/mol. The summed E-state index contributed by atoms with van der Waals surface area (Å²) >= 11 is 1.88. The first-order valence-corrected chi connectivity index (χ1v) is 18.8. The highest BCUT2D eigenvalue weighted by Crippen LogP contribution is 2.45. The van der Waals surface area contributed by atoms with Gasteiger partial charge in [0.25, 0.3) is 0 Å². The molecular weight excluding hydrogens is 661 g/mol. The summed E-state index contributed by atoms with van der Waals surface area (Å²) in [5, 5.41) is 7.59. The lowest BCUT2D eigenvalue weighted by molar-refractivity contribution is 1.29. The molecular formula is C50H34N2S. The zero-order valence-electron chi connectivity index (χ0n) is 28.9. The van der Waals surface area contributed by atoms with Gasteiger partial charge in [-0.15, -0.1) is 11.3 Å². The van der Waals surface area contributed by atoms with E-state index < -0.39 is 0 Å². The lowest BCUT2D eigenvalue weighted by atomic mass is 9.92. The number of rotatable bonds is 7. The Bertz CT molecular complexity index is 2790. The molecule has 0 bridgehead atoms. The molecule has 0 N–H and O–H groups in total. The Hall–Kier alpha value is -6.68. The van der Waals surface area contributed by atoms with Crippen molar-refractivity contribution in [2.24, 2.45) is 0 Å². The highest BCUT2D eigenvalue weighted by atomic mass is 32.1. The predicted octanol–water partition coefficient (Wildman–Crippen LogP) is 15.0. The molecule has 3 heteroatoms. The summed E-state index contributed by atoms with van der Waals surface area (Å²) in [4.78, 5) is 4.68. The van der Waals surface area contributed by atoms with Gasteiger partial charge in [0.15, 0.2) is 0 Å². The second-order valence-electron chi connectivity index (χ2n) is 13.4. The van der Waals surface area contributed by atoms with Crippen LogP contribution in [-0.4, -0.2) is 0 Å². The standard InChI is InChI=1S/C50H34N2S/c1-6-16-35(17-7-1)45-31-36-30-41(51(37-18-8-2-9-19-37)38-20-10-3-11-21-38)26-28-43(36)47-34-50-48(33-46(45)47)44-29-27-42(32-49(44)53-50)52(39-22-12-4-13-23-39)40-24-14-5-15-25-40/h1-34H. The molecule has 0 saturated heterocycles. The maximum Gasteiger partial charge on any atom is 0.0476 e. The van der Waals surface area contributed by atoms with Crippen LogP contribution in [0.5, 0.6) is 0 Å². The molecule has 9 aromatic carbocycles. The van der Waals surface area contributed by atoms with Crippen molar-refractivity contribution in [3.63, 3.8) is 0 Å². The van der Waals surface area contributed by atoms with E-state index in [1.165, 1.54) is 52.8 Å². The van der Waals surface area contributed by atoms with E-state index in [9.17, 15) is 0 Å². The molecule has 0 saturated carbocycles. The Morgan fingerprint density at radius 1 is 0.283 bits per heavy atom. The average Bonchev–Trinajstić information content (AvgIpc) is 3.58. The number of hydrogen-bond donors (Lipinski definition) is 0. The van der Waals surface area contributed by atoms with E-state index in [1.54, 1.807) is 0 Å². The fourth-order valence-electron chi connectivity index (χ4n) is 7.74. The van der Waals surface area contributed by atoms with Crippen molar-refractivity contribution >= 4 is 87.2 Å². The van der Waals surface area contributed by atoms with Crippen molar-refractivity contribution in [2.45, 2.75) is 0 Å². The predicted molar refractivity (Wildman–Crippen MR) is 229 cm³/mol. The van der Waals surface area contributed by atoms with Crippen molar-refractivity contribution in [3.05, 3.63) is 206 Å². The van der Waals surface area contributed by atoms with Gasteiger partial charge in [-0.1, -0.05) is 115 Å². The molecule has 2 nitrogen and oxygen atoms in total. The molecule has 0 unspecified atom stereocenters. The SMILES string of the molecule is c1ccc(-c2cc3cc(N(c4ccccc4)c4ccccc4)ccc3c3cc4sc5cc(N(c6ccccc6)c6ccccc6)ccc5c4cc23)cc1. The number of thiophene rings is 1. The quantitative estimate of drug-likeness (QED) is 0.153. The van der Waals surface area contributed by atoms with Crippen LogP contribution in [0, 0.1) is 0 Å². The molecule has 10 rings (SSSR count). The van der Waals surface area contributed by atoms with Crippen LogP contribution in [0.2, 0.25) is 0 Å². The van der Waals surface area contributed by atoms with E-state index >= 15 is 0 Å². The summed E-state index contributed by atoms with van der Waals surface area (Å²) in [5.41, 5.74) is 9.28. The Labute approximate surface area is 313 Å². The molecule has 0 aliphatic heterocycles. The molecule has 53 heavy (non-hydrogen) atoms. The smallest absolute Gasteiger partial charge is 0.0476 e. The molecule has 0 spiro atoms. The number of anilines is 6. The summed E-state index contributed by atoms with van der Waals surface area (Å²) in [6.07, 6.45) is 0. The van der Waals surface area contributed by atoms with Gasteiger partial charge in [-0.25, -0.2) is 0 Å². The van der Waals surface area contributed by atoms with Gasteiger partial charge in [-0.2, -0.15) is 0 Å². The minimum Gasteiger partial charge on any atom is -0.310 e. The van der Waals surface area contributed by atoms with Crippen LogP contribution in [0.4, 0.5) is 34.1 Å². The van der Waals surface area contributed by atoms with Crippen molar-refractivity contribution in [1.82, 2.24) is 0 Å². The van der Waals surface area contributed by atoms with Crippen LogP contribution >= 0.6 is 11.3 Å². The summed E-state index contributed by atoms with van der Waals surface area (Å²) in [6, 6.07) is 74.5. The number of para-hydroxylation sites is 4. The van der Waals surface area contributed by atoms with Gasteiger partial charge in [0, 0.05) is 54.3 Å². The second kappa shape index (κ2) is 13.1. The van der Waals surface area contributed by atoms with Crippen molar-refractivity contribution in [1.29, 1.82) is 0 Å². The second-order valence-corrected chi connectivity index (χ2v) is 14.5. The number of nitrogens with zero attached hydrogens (tertiary/aromatic N) is 2. The molecule has 250 valence electrons. The van der Waals surface area contributed by atoms with E-state index in [1.807, 2.05) is 11.3 Å². The summed E-state index contributed by atoms with van der Waals surface area (Å²) in [5.74, 6) is 0. The molecule has 1 heterocycles. The Morgan fingerprint density at radius 2 is 0.736 bits per heavy atom. The van der Waals surface area contributed by atoms with Gasteiger partial charge in [-0.05, 0) is 124 Å². The molecule has 1 aromatic heterocycles. The fraction of sp³-hybridized carbons (Fsp3) is 0. The summed E-state index contributed by atoms with van der Waals surface area (Å²) in [7, 11) is 0. The largest absolute Gasteiger partial charge is 0.310 e. The van der Waals surface area contributed by atoms with E-state index in [0.29, 0.717) is 0 Å². The highest BCUT2D eigenvalue weighted by molar-refractivity contribution is 7.26. The van der Waals surface area contributed by atoms with Crippen molar-refractivity contribution < 1.29 is 0 Å². The van der Waals surface area contributed by atoms with Gasteiger partial charge < -0.3 is 9.80 Å². The van der Waals surface area contributed by atoms with Crippen LogP contribution in [0.15, 0.2) is 206 Å². The van der Waals surface area contributed by atoms with Gasteiger partial charge in [0.05, 0.1) is 0 Å². The van der Waals surface area contributed by atoms with Gasteiger partial charge in [0.1, 0.15) is 0 Å². The Morgan fingerprint density at radius 3 is 1.26 bits per heavy atom. The molecule has 0 aliphatic rings. The zero-order valence-corrected chi connectivity index (χ0v) is 29.7. The zero-order chi connectivity index (χ0) is 35.1. The minimum absolute atomic E-state index is 1.13. The van der Waals surface area contributed by atoms with E-state index in [0.717, 1.165) is 34.1 Å². The third kappa shape index (κ3) is 5.59. The van der Waals surface area contributed by atoms with Crippen LogP contribution < -0.4 is 9.80 Å². The van der Waals surface area contributed by atoms with Crippen LogP contribution in [0.25, 0.3) is 52.8 Å². The molecule has 0 radical (unpaired) electrons. The Balaban J connectivity index is 1.18. The minimum atomic E-state index is 1.13. The first-order chi connectivity index (χ1) is 26.3. The first kappa shape index (κ1) is 31.1. The molecule has 0 fully saturated rings. The molecule has 0 atom stereocenters. The lowest BCUT2D eigenvalue weighted by Gasteiger charge is -2.26. The molecule has 0 amide bonds.